The highest BCUT2D eigenvalue weighted by atomic mass is 35.5. The van der Waals surface area contributed by atoms with Crippen molar-refractivity contribution in [3.8, 4) is 0 Å². The molecule has 0 atom stereocenters. The van der Waals surface area contributed by atoms with Gasteiger partial charge in [0.15, 0.2) is 5.16 Å². The molecule has 144 valence electrons. The van der Waals surface area contributed by atoms with E-state index in [2.05, 4.69) is 15.3 Å². The smallest absolute Gasteiger partial charge is 0.251 e. The lowest BCUT2D eigenvalue weighted by Crippen LogP contribution is -2.36. The first kappa shape index (κ1) is 21.0. The van der Waals surface area contributed by atoms with Crippen molar-refractivity contribution in [2.75, 3.05) is 24.7 Å². The normalized spacial score (nSPS) is 10.5. The fraction of sp³-hybridized carbons (Fsp3) is 0.333. The van der Waals surface area contributed by atoms with E-state index in [1.807, 2.05) is 6.92 Å². The van der Waals surface area contributed by atoms with Crippen molar-refractivity contribution in [3.05, 3.63) is 51.4 Å². The van der Waals surface area contributed by atoms with Crippen molar-refractivity contribution in [3.63, 3.8) is 0 Å². The Morgan fingerprint density at radius 2 is 2.07 bits per heavy atom. The lowest BCUT2D eigenvalue weighted by Gasteiger charge is -2.17. The molecule has 2 N–H and O–H groups in total. The minimum atomic E-state index is -0.347. The van der Waals surface area contributed by atoms with Crippen molar-refractivity contribution in [2.45, 2.75) is 24.9 Å². The Kier molecular flexibility index (Phi) is 7.87. The van der Waals surface area contributed by atoms with Gasteiger partial charge >= 0.3 is 0 Å². The van der Waals surface area contributed by atoms with Crippen LogP contribution < -0.4 is 10.9 Å². The Hall–Kier alpha value is -2.32. The monoisotopic (exact) mass is 408 g/mol. The van der Waals surface area contributed by atoms with Gasteiger partial charge in [0.25, 0.3) is 5.56 Å². The van der Waals surface area contributed by atoms with Crippen LogP contribution in [0.1, 0.15) is 19.0 Å². The summed E-state index contributed by atoms with van der Waals surface area (Å²) in [6.07, 6.45) is 1.58. The Balaban J connectivity index is 1.87. The number of para-hydroxylation sites is 1. The van der Waals surface area contributed by atoms with Crippen molar-refractivity contribution in [1.29, 1.82) is 0 Å². The Labute approximate surface area is 166 Å². The van der Waals surface area contributed by atoms with Gasteiger partial charge in [-0.1, -0.05) is 48.8 Å². The van der Waals surface area contributed by atoms with Crippen molar-refractivity contribution in [1.82, 2.24) is 14.9 Å². The summed E-state index contributed by atoms with van der Waals surface area (Å²) in [5.41, 5.74) is 0.952. The number of aryl methyl sites for hydroxylation is 1. The number of carbonyl (C=O) groups excluding carboxylic acids is 2. The number of hydrogen-bond acceptors (Lipinski definition) is 5. The molecule has 1 aromatic heterocycles. The van der Waals surface area contributed by atoms with Crippen LogP contribution in [0.4, 0.5) is 5.69 Å². The molecule has 0 fully saturated rings. The second-order valence-corrected chi connectivity index (χ2v) is 7.23. The van der Waals surface area contributed by atoms with E-state index in [0.29, 0.717) is 28.0 Å². The molecule has 2 aromatic rings. The van der Waals surface area contributed by atoms with E-state index in [-0.39, 0.29) is 29.7 Å². The van der Waals surface area contributed by atoms with E-state index in [4.69, 9.17) is 11.6 Å². The lowest BCUT2D eigenvalue weighted by atomic mass is 10.2. The molecular weight excluding hydrogens is 388 g/mol. The fourth-order valence-corrected chi connectivity index (χ4v) is 3.25. The van der Waals surface area contributed by atoms with Crippen LogP contribution in [0.25, 0.3) is 0 Å². The molecule has 27 heavy (non-hydrogen) atoms. The van der Waals surface area contributed by atoms with Gasteiger partial charge in [-0.3, -0.25) is 14.4 Å². The molecule has 0 radical (unpaired) electrons. The zero-order chi connectivity index (χ0) is 19.8. The summed E-state index contributed by atoms with van der Waals surface area (Å²) in [5.74, 6) is -0.535. The number of aromatic nitrogens is 2. The van der Waals surface area contributed by atoms with Crippen LogP contribution in [0, 0.1) is 0 Å². The first-order valence-corrected chi connectivity index (χ1v) is 9.76. The summed E-state index contributed by atoms with van der Waals surface area (Å²) in [4.78, 5) is 44.2. The number of likely N-dealkylation sites (N-methyl/N-ethyl adjacent to an activating group) is 1. The fourth-order valence-electron chi connectivity index (χ4n) is 2.23. The molecular formula is C18H21ClN4O3S. The first-order valence-electron chi connectivity index (χ1n) is 8.40. The second kappa shape index (κ2) is 10.1. The molecule has 0 aliphatic heterocycles. The molecule has 0 bridgehead atoms. The number of halogens is 1. The van der Waals surface area contributed by atoms with Crippen molar-refractivity contribution >= 4 is 40.9 Å². The average Bonchev–Trinajstić information content (AvgIpc) is 2.61. The van der Waals surface area contributed by atoms with E-state index in [1.54, 1.807) is 31.3 Å². The summed E-state index contributed by atoms with van der Waals surface area (Å²) in [7, 11) is 1.54. The highest BCUT2D eigenvalue weighted by Gasteiger charge is 2.15. The topological polar surface area (TPSA) is 95.2 Å². The Morgan fingerprint density at radius 1 is 1.33 bits per heavy atom. The van der Waals surface area contributed by atoms with Crippen LogP contribution >= 0.6 is 23.4 Å². The molecule has 0 unspecified atom stereocenters. The van der Waals surface area contributed by atoms with Crippen molar-refractivity contribution in [2.24, 2.45) is 0 Å². The summed E-state index contributed by atoms with van der Waals surface area (Å²) in [6.45, 7) is 1.90. The van der Waals surface area contributed by atoms with Crippen LogP contribution in [-0.4, -0.2) is 46.0 Å². The minimum absolute atomic E-state index is 0.0639. The molecule has 1 heterocycles. The highest BCUT2D eigenvalue weighted by Crippen LogP contribution is 2.20. The molecule has 0 spiro atoms. The molecule has 7 nitrogen and oxygen atoms in total. The molecule has 0 saturated carbocycles. The number of H-pyrrole nitrogens is 1. The number of anilines is 1. The van der Waals surface area contributed by atoms with Gasteiger partial charge in [-0.25, -0.2) is 4.98 Å². The number of rotatable bonds is 8. The molecule has 0 saturated heterocycles. The molecule has 1 aromatic carbocycles. The van der Waals surface area contributed by atoms with E-state index in [1.165, 1.54) is 11.0 Å². The summed E-state index contributed by atoms with van der Waals surface area (Å²) in [6, 6.07) is 8.33. The number of nitrogens with zero attached hydrogens (tertiary/aromatic N) is 2. The SMILES string of the molecule is CCCc1cc(=O)[nH]c(SCC(=O)N(C)CC(=O)Nc2ccccc2Cl)n1. The van der Waals surface area contributed by atoms with Crippen LogP contribution in [0.5, 0.6) is 0 Å². The lowest BCUT2D eigenvalue weighted by molar-refractivity contribution is -0.131. The quantitative estimate of drug-likeness (QED) is 0.517. The summed E-state index contributed by atoms with van der Waals surface area (Å²) in [5, 5.41) is 3.49. The Bertz CT molecular complexity index is 872. The van der Waals surface area contributed by atoms with Gasteiger partial charge in [-0.2, -0.15) is 0 Å². The number of hydrogen-bond donors (Lipinski definition) is 2. The number of benzene rings is 1. The third-order valence-electron chi connectivity index (χ3n) is 3.57. The van der Waals surface area contributed by atoms with E-state index < -0.39 is 0 Å². The van der Waals surface area contributed by atoms with Gasteiger partial charge in [0.2, 0.25) is 11.8 Å². The van der Waals surface area contributed by atoms with Gasteiger partial charge < -0.3 is 15.2 Å². The zero-order valence-electron chi connectivity index (χ0n) is 15.1. The zero-order valence-corrected chi connectivity index (χ0v) is 16.7. The number of aromatic amines is 1. The maximum absolute atomic E-state index is 12.2. The van der Waals surface area contributed by atoms with Crippen LogP contribution in [-0.2, 0) is 16.0 Å². The molecule has 2 amide bonds. The van der Waals surface area contributed by atoms with Gasteiger partial charge in [-0.05, 0) is 18.6 Å². The van der Waals surface area contributed by atoms with Crippen LogP contribution in [0.15, 0.2) is 40.3 Å². The van der Waals surface area contributed by atoms with Crippen LogP contribution in [0.2, 0.25) is 5.02 Å². The van der Waals surface area contributed by atoms with E-state index in [0.717, 1.165) is 18.2 Å². The average molecular weight is 409 g/mol. The van der Waals surface area contributed by atoms with Crippen molar-refractivity contribution < 1.29 is 9.59 Å². The van der Waals surface area contributed by atoms with Gasteiger partial charge in [0.1, 0.15) is 0 Å². The predicted octanol–water partition coefficient (Wildman–Crippen LogP) is 2.57. The highest BCUT2D eigenvalue weighted by molar-refractivity contribution is 7.99. The molecule has 2 rings (SSSR count). The second-order valence-electron chi connectivity index (χ2n) is 5.86. The standard InChI is InChI=1S/C18H21ClN4O3S/c1-3-6-12-9-15(24)22-18(20-12)27-11-17(26)23(2)10-16(25)21-14-8-5-4-7-13(14)19/h4-5,7-9H,3,6,10-11H2,1-2H3,(H,21,25)(H,20,22,24). The number of thioether (sulfide) groups is 1. The third-order valence-corrected chi connectivity index (χ3v) is 4.75. The first-order chi connectivity index (χ1) is 12.9. The maximum Gasteiger partial charge on any atom is 0.251 e. The number of carbonyl (C=O) groups is 2. The van der Waals surface area contributed by atoms with E-state index in [9.17, 15) is 14.4 Å². The Morgan fingerprint density at radius 3 is 2.78 bits per heavy atom. The van der Waals surface area contributed by atoms with E-state index >= 15 is 0 Å². The predicted molar refractivity (Wildman–Crippen MR) is 107 cm³/mol. The number of amides is 2. The minimum Gasteiger partial charge on any atom is -0.336 e. The van der Waals surface area contributed by atoms with Gasteiger partial charge in [0, 0.05) is 18.8 Å². The van der Waals surface area contributed by atoms with Gasteiger partial charge in [0.05, 0.1) is 23.0 Å². The summed E-state index contributed by atoms with van der Waals surface area (Å²) < 4.78 is 0. The molecule has 0 aliphatic carbocycles. The molecule has 0 aliphatic rings. The third kappa shape index (κ3) is 6.73. The largest absolute Gasteiger partial charge is 0.336 e. The van der Waals surface area contributed by atoms with Crippen LogP contribution in [0.3, 0.4) is 0 Å². The van der Waals surface area contributed by atoms with Gasteiger partial charge in [-0.15, -0.1) is 0 Å². The number of nitrogens with one attached hydrogen (secondary N) is 2. The maximum atomic E-state index is 12.2. The summed E-state index contributed by atoms with van der Waals surface area (Å²) >= 11 is 7.13. The molecule has 9 heteroatoms.